The van der Waals surface area contributed by atoms with Crippen molar-refractivity contribution in [1.82, 2.24) is 9.80 Å². The van der Waals surface area contributed by atoms with Crippen LogP contribution >= 0.6 is 0 Å². The molecule has 1 atom stereocenters. The van der Waals surface area contributed by atoms with Crippen molar-refractivity contribution in [3.05, 3.63) is 24.3 Å². The third-order valence-electron chi connectivity index (χ3n) is 5.32. The van der Waals surface area contributed by atoms with E-state index in [2.05, 4.69) is 5.32 Å². The highest BCUT2D eigenvalue weighted by Gasteiger charge is 2.50. The molecular weight excluding hydrogens is 346 g/mol. The summed E-state index contributed by atoms with van der Waals surface area (Å²) in [5, 5.41) is 2.91. The summed E-state index contributed by atoms with van der Waals surface area (Å²) in [6, 6.07) is 7.20. The van der Waals surface area contributed by atoms with E-state index in [0.29, 0.717) is 32.5 Å². The van der Waals surface area contributed by atoms with Crippen LogP contribution in [0.1, 0.15) is 26.2 Å². The zero-order chi connectivity index (χ0) is 19.4. The fourth-order valence-corrected chi connectivity index (χ4v) is 3.90. The highest BCUT2D eigenvalue weighted by molar-refractivity contribution is 5.89. The molecule has 3 rings (SSSR count). The lowest BCUT2D eigenvalue weighted by atomic mass is 9.76. The van der Waals surface area contributed by atoms with E-state index in [1.807, 2.05) is 50.2 Å². The third-order valence-corrected chi connectivity index (χ3v) is 5.32. The summed E-state index contributed by atoms with van der Waals surface area (Å²) in [6.45, 7) is 4.41. The molecule has 2 saturated heterocycles. The number of urea groups is 1. The van der Waals surface area contributed by atoms with Crippen LogP contribution in [-0.4, -0.2) is 68.2 Å². The van der Waals surface area contributed by atoms with Gasteiger partial charge in [-0.3, -0.25) is 4.79 Å². The van der Waals surface area contributed by atoms with Crippen molar-refractivity contribution in [3.8, 4) is 5.75 Å². The predicted octanol–water partition coefficient (Wildman–Crippen LogP) is 2.58. The minimum Gasteiger partial charge on any atom is -0.494 e. The van der Waals surface area contributed by atoms with Crippen molar-refractivity contribution < 1.29 is 19.1 Å². The summed E-state index contributed by atoms with van der Waals surface area (Å²) < 4.78 is 11.0. The Bertz CT molecular complexity index is 666. The van der Waals surface area contributed by atoms with Gasteiger partial charge in [-0.1, -0.05) is 0 Å². The van der Waals surface area contributed by atoms with Crippen molar-refractivity contribution in [3.63, 3.8) is 0 Å². The summed E-state index contributed by atoms with van der Waals surface area (Å²) in [7, 11) is 3.96. The third kappa shape index (κ3) is 4.53. The SMILES string of the molecule is CCOc1ccc(NC(=O)N2CCC3(CC2)CC(CN(C)C)OC3=O)cc1. The van der Waals surface area contributed by atoms with E-state index in [4.69, 9.17) is 9.47 Å². The first-order chi connectivity index (χ1) is 12.9. The van der Waals surface area contributed by atoms with Crippen molar-refractivity contribution in [2.45, 2.75) is 32.3 Å². The topological polar surface area (TPSA) is 71.1 Å². The molecule has 1 aromatic carbocycles. The number of hydrogen-bond acceptors (Lipinski definition) is 5. The number of carbonyl (C=O) groups excluding carboxylic acids is 2. The molecule has 2 heterocycles. The summed E-state index contributed by atoms with van der Waals surface area (Å²) in [5.41, 5.74) is 0.311. The average molecular weight is 375 g/mol. The number of likely N-dealkylation sites (N-methyl/N-ethyl adjacent to an activating group) is 1. The van der Waals surface area contributed by atoms with Crippen LogP contribution < -0.4 is 10.1 Å². The second kappa shape index (κ2) is 8.17. The number of esters is 1. The fourth-order valence-electron chi connectivity index (χ4n) is 3.90. The number of rotatable bonds is 5. The van der Waals surface area contributed by atoms with Crippen LogP contribution in [0.4, 0.5) is 10.5 Å². The van der Waals surface area contributed by atoms with Gasteiger partial charge in [-0.15, -0.1) is 0 Å². The van der Waals surface area contributed by atoms with Gasteiger partial charge in [-0.05, 0) is 58.1 Å². The van der Waals surface area contributed by atoms with Crippen molar-refractivity contribution in [2.75, 3.05) is 45.7 Å². The maximum absolute atomic E-state index is 12.5. The molecule has 0 radical (unpaired) electrons. The molecule has 1 aromatic rings. The van der Waals surface area contributed by atoms with Crippen LogP contribution in [0, 0.1) is 5.41 Å². The number of carbonyl (C=O) groups is 2. The first-order valence-electron chi connectivity index (χ1n) is 9.56. The Morgan fingerprint density at radius 1 is 1.30 bits per heavy atom. The Morgan fingerprint density at radius 2 is 1.96 bits per heavy atom. The van der Waals surface area contributed by atoms with Crippen molar-refractivity contribution in [2.24, 2.45) is 5.41 Å². The number of piperidine rings is 1. The number of ether oxygens (including phenoxy) is 2. The number of anilines is 1. The maximum atomic E-state index is 12.5. The first kappa shape index (κ1) is 19.5. The van der Waals surface area contributed by atoms with Gasteiger partial charge in [-0.25, -0.2) is 4.79 Å². The molecule has 1 N–H and O–H groups in total. The molecule has 0 aliphatic carbocycles. The minimum absolute atomic E-state index is 0.0447. The Kier molecular flexibility index (Phi) is 5.89. The quantitative estimate of drug-likeness (QED) is 0.801. The molecular formula is C20H29N3O4. The number of nitrogens with zero attached hydrogens (tertiary/aromatic N) is 2. The van der Waals surface area contributed by atoms with Gasteiger partial charge in [0.1, 0.15) is 11.9 Å². The lowest BCUT2D eigenvalue weighted by Gasteiger charge is -2.36. The number of amides is 2. The highest BCUT2D eigenvalue weighted by atomic mass is 16.6. The van der Waals surface area contributed by atoms with Crippen LogP contribution in [0.25, 0.3) is 0 Å². The number of cyclic esters (lactones) is 1. The second-order valence-electron chi connectivity index (χ2n) is 7.65. The molecule has 0 bridgehead atoms. The van der Waals surface area contributed by atoms with E-state index < -0.39 is 5.41 Å². The average Bonchev–Trinajstić information content (AvgIpc) is 2.91. The second-order valence-corrected chi connectivity index (χ2v) is 7.65. The number of likely N-dealkylation sites (tertiary alicyclic amines) is 1. The van der Waals surface area contributed by atoms with Crippen molar-refractivity contribution in [1.29, 1.82) is 0 Å². The van der Waals surface area contributed by atoms with Gasteiger partial charge in [0.15, 0.2) is 0 Å². The Morgan fingerprint density at radius 3 is 2.56 bits per heavy atom. The molecule has 7 nitrogen and oxygen atoms in total. The first-order valence-corrected chi connectivity index (χ1v) is 9.56. The van der Waals surface area contributed by atoms with Crippen LogP contribution in [0.5, 0.6) is 5.75 Å². The zero-order valence-corrected chi connectivity index (χ0v) is 16.4. The van der Waals surface area contributed by atoms with Gasteiger partial charge in [-0.2, -0.15) is 0 Å². The van der Waals surface area contributed by atoms with Gasteiger partial charge in [0, 0.05) is 31.7 Å². The zero-order valence-electron chi connectivity index (χ0n) is 16.4. The molecule has 7 heteroatoms. The smallest absolute Gasteiger partial charge is 0.321 e. The van der Waals surface area contributed by atoms with Crippen LogP contribution in [0.2, 0.25) is 0 Å². The van der Waals surface area contributed by atoms with Gasteiger partial charge in [0.25, 0.3) is 0 Å². The Hall–Kier alpha value is -2.28. The lowest BCUT2D eigenvalue weighted by Crippen LogP contribution is -2.46. The summed E-state index contributed by atoms with van der Waals surface area (Å²) >= 11 is 0. The predicted molar refractivity (Wildman–Crippen MR) is 103 cm³/mol. The van der Waals surface area contributed by atoms with Gasteiger partial charge < -0.3 is 24.6 Å². The summed E-state index contributed by atoms with van der Waals surface area (Å²) in [6.07, 6.45) is 2.02. The number of hydrogen-bond donors (Lipinski definition) is 1. The Balaban J connectivity index is 1.52. The minimum atomic E-state index is -0.420. The molecule has 0 saturated carbocycles. The standard InChI is InChI=1S/C20H29N3O4/c1-4-26-16-7-5-15(6-8-16)21-19(25)23-11-9-20(10-12-23)13-17(14-22(2)3)27-18(20)24/h5-8,17H,4,9-14H2,1-3H3,(H,21,25). The van der Waals surface area contributed by atoms with Crippen LogP contribution in [0.3, 0.4) is 0 Å². The molecule has 2 fully saturated rings. The van der Waals surface area contributed by atoms with Gasteiger partial charge in [0.05, 0.1) is 12.0 Å². The summed E-state index contributed by atoms with van der Waals surface area (Å²) in [4.78, 5) is 28.8. The highest BCUT2D eigenvalue weighted by Crippen LogP contribution is 2.43. The molecule has 1 spiro atoms. The number of nitrogens with one attached hydrogen (secondary N) is 1. The van der Waals surface area contributed by atoms with E-state index in [1.165, 1.54) is 0 Å². The lowest BCUT2D eigenvalue weighted by molar-refractivity contribution is -0.150. The molecule has 0 aromatic heterocycles. The molecule has 2 amide bonds. The van der Waals surface area contributed by atoms with Crippen LogP contribution in [0.15, 0.2) is 24.3 Å². The fraction of sp³-hybridized carbons (Fsp3) is 0.600. The Labute approximate surface area is 160 Å². The normalized spacial score (nSPS) is 21.4. The van der Waals surface area contributed by atoms with E-state index in [0.717, 1.165) is 24.4 Å². The van der Waals surface area contributed by atoms with Gasteiger partial charge >= 0.3 is 12.0 Å². The van der Waals surface area contributed by atoms with E-state index in [9.17, 15) is 9.59 Å². The van der Waals surface area contributed by atoms with E-state index >= 15 is 0 Å². The molecule has 27 heavy (non-hydrogen) atoms. The molecule has 2 aliphatic rings. The molecule has 2 aliphatic heterocycles. The largest absolute Gasteiger partial charge is 0.494 e. The van der Waals surface area contributed by atoms with E-state index in [-0.39, 0.29) is 18.1 Å². The van der Waals surface area contributed by atoms with Crippen LogP contribution in [-0.2, 0) is 9.53 Å². The molecule has 148 valence electrons. The maximum Gasteiger partial charge on any atom is 0.321 e. The monoisotopic (exact) mass is 375 g/mol. The van der Waals surface area contributed by atoms with Crippen molar-refractivity contribution >= 4 is 17.7 Å². The van der Waals surface area contributed by atoms with E-state index in [1.54, 1.807) is 4.90 Å². The summed E-state index contributed by atoms with van der Waals surface area (Å²) in [5.74, 6) is 0.684. The van der Waals surface area contributed by atoms with Gasteiger partial charge in [0.2, 0.25) is 0 Å². The number of benzene rings is 1. The molecule has 1 unspecified atom stereocenters.